The molecule has 1 unspecified atom stereocenters. The van der Waals surface area contributed by atoms with Crippen LogP contribution in [0.1, 0.15) is 18.4 Å². The minimum Gasteiger partial charge on any atom is -0.337 e. The van der Waals surface area contributed by atoms with Crippen molar-refractivity contribution >= 4 is 21.6 Å². The predicted molar refractivity (Wildman–Crippen MR) is 82.3 cm³/mol. The van der Waals surface area contributed by atoms with Crippen molar-refractivity contribution in [1.82, 2.24) is 5.32 Å². The van der Waals surface area contributed by atoms with E-state index < -0.39 is 9.84 Å². The van der Waals surface area contributed by atoms with Crippen molar-refractivity contribution < 1.29 is 13.2 Å². The molecular weight excluding hydrogens is 288 g/mol. The van der Waals surface area contributed by atoms with E-state index in [1.807, 2.05) is 18.2 Å². The monoisotopic (exact) mass is 308 g/mol. The van der Waals surface area contributed by atoms with E-state index in [2.05, 4.69) is 11.4 Å². The Labute approximate surface area is 125 Å². The van der Waals surface area contributed by atoms with Gasteiger partial charge in [0, 0.05) is 18.8 Å². The van der Waals surface area contributed by atoms with Crippen LogP contribution < -0.4 is 10.2 Å². The zero-order chi connectivity index (χ0) is 14.9. The third-order valence-electron chi connectivity index (χ3n) is 4.22. The van der Waals surface area contributed by atoms with Gasteiger partial charge in [0.1, 0.15) is 0 Å². The van der Waals surface area contributed by atoms with E-state index in [1.165, 1.54) is 5.56 Å². The molecule has 3 rings (SSSR count). The van der Waals surface area contributed by atoms with Gasteiger partial charge in [0.05, 0.1) is 11.5 Å². The van der Waals surface area contributed by atoms with E-state index >= 15 is 0 Å². The molecule has 1 aromatic rings. The van der Waals surface area contributed by atoms with Crippen LogP contribution in [-0.2, 0) is 16.3 Å². The Morgan fingerprint density at radius 3 is 2.90 bits per heavy atom. The number of sulfone groups is 1. The molecule has 0 aliphatic carbocycles. The summed E-state index contributed by atoms with van der Waals surface area (Å²) >= 11 is 0. The van der Waals surface area contributed by atoms with Crippen molar-refractivity contribution in [2.75, 3.05) is 29.5 Å². The van der Waals surface area contributed by atoms with Gasteiger partial charge in [-0.15, -0.1) is 0 Å². The zero-order valence-electron chi connectivity index (χ0n) is 11.9. The van der Waals surface area contributed by atoms with Crippen LogP contribution in [0, 0.1) is 5.92 Å². The van der Waals surface area contributed by atoms with E-state index in [4.69, 9.17) is 0 Å². The summed E-state index contributed by atoms with van der Waals surface area (Å²) in [5.41, 5.74) is 2.17. The standard InChI is InChI=1S/C15H20N2O3S/c18-15(16-10-12-7-9-21(19,20)11-12)17-8-3-5-13-4-1-2-6-14(13)17/h1-2,4,6,12H,3,5,7-11H2,(H,16,18). The molecule has 21 heavy (non-hydrogen) atoms. The highest BCUT2D eigenvalue weighted by atomic mass is 32.2. The first kappa shape index (κ1) is 14.4. The number of rotatable bonds is 2. The Bertz CT molecular complexity index is 642. The normalized spacial score (nSPS) is 23.6. The SMILES string of the molecule is O=C(NCC1CCS(=O)(=O)C1)N1CCCc2ccccc21. The van der Waals surface area contributed by atoms with Gasteiger partial charge < -0.3 is 5.32 Å². The van der Waals surface area contributed by atoms with Gasteiger partial charge in [0.25, 0.3) is 0 Å². The number of hydrogen-bond acceptors (Lipinski definition) is 3. The maximum Gasteiger partial charge on any atom is 0.321 e. The third-order valence-corrected chi connectivity index (χ3v) is 6.06. The molecule has 0 saturated carbocycles. The molecule has 1 fully saturated rings. The van der Waals surface area contributed by atoms with Gasteiger partial charge >= 0.3 is 6.03 Å². The Hall–Kier alpha value is -1.56. The molecule has 0 radical (unpaired) electrons. The fourth-order valence-electron chi connectivity index (χ4n) is 3.10. The second-order valence-electron chi connectivity index (χ2n) is 5.84. The number of amides is 2. The third kappa shape index (κ3) is 3.20. The fraction of sp³-hybridized carbons (Fsp3) is 0.533. The molecule has 2 aliphatic rings. The highest BCUT2D eigenvalue weighted by Crippen LogP contribution is 2.26. The van der Waals surface area contributed by atoms with E-state index in [0.717, 1.165) is 18.5 Å². The van der Waals surface area contributed by atoms with Gasteiger partial charge in [-0.05, 0) is 36.8 Å². The Morgan fingerprint density at radius 2 is 2.14 bits per heavy atom. The predicted octanol–water partition coefficient (Wildman–Crippen LogP) is 1.58. The van der Waals surface area contributed by atoms with Crippen LogP contribution in [0.2, 0.25) is 0 Å². The summed E-state index contributed by atoms with van der Waals surface area (Å²) < 4.78 is 22.9. The van der Waals surface area contributed by atoms with Gasteiger partial charge in [-0.3, -0.25) is 4.90 Å². The van der Waals surface area contributed by atoms with E-state index in [0.29, 0.717) is 19.5 Å². The lowest BCUT2D eigenvalue weighted by atomic mass is 10.0. The summed E-state index contributed by atoms with van der Waals surface area (Å²) in [6.07, 6.45) is 2.61. The first-order valence-electron chi connectivity index (χ1n) is 7.39. The number of nitrogens with zero attached hydrogens (tertiary/aromatic N) is 1. The first-order chi connectivity index (χ1) is 10.1. The Kier molecular flexibility index (Phi) is 3.89. The second kappa shape index (κ2) is 5.67. The number of hydrogen-bond donors (Lipinski definition) is 1. The van der Waals surface area contributed by atoms with Gasteiger partial charge in [0.15, 0.2) is 9.84 Å². The minimum absolute atomic E-state index is 0.0546. The van der Waals surface area contributed by atoms with Crippen molar-refractivity contribution in [3.63, 3.8) is 0 Å². The first-order valence-corrected chi connectivity index (χ1v) is 9.21. The number of carbonyl (C=O) groups excluding carboxylic acids is 1. The van der Waals surface area contributed by atoms with Crippen molar-refractivity contribution in [3.05, 3.63) is 29.8 Å². The number of para-hydroxylation sites is 1. The van der Waals surface area contributed by atoms with Crippen molar-refractivity contribution in [2.24, 2.45) is 5.92 Å². The van der Waals surface area contributed by atoms with Crippen molar-refractivity contribution in [3.8, 4) is 0 Å². The molecule has 2 heterocycles. The summed E-state index contributed by atoms with van der Waals surface area (Å²) in [6.45, 7) is 1.16. The van der Waals surface area contributed by atoms with Crippen LogP contribution in [0.4, 0.5) is 10.5 Å². The summed E-state index contributed by atoms with van der Waals surface area (Å²) in [4.78, 5) is 14.1. The van der Waals surface area contributed by atoms with Crippen LogP contribution in [-0.4, -0.2) is 39.0 Å². The average molecular weight is 308 g/mol. The zero-order valence-corrected chi connectivity index (χ0v) is 12.7. The molecule has 2 amide bonds. The van der Waals surface area contributed by atoms with Crippen LogP contribution >= 0.6 is 0 Å². The quantitative estimate of drug-likeness (QED) is 0.902. The number of fused-ring (bicyclic) bond motifs is 1. The number of benzene rings is 1. The van der Waals surface area contributed by atoms with E-state index in [1.54, 1.807) is 4.90 Å². The molecule has 0 bridgehead atoms. The maximum absolute atomic E-state index is 12.3. The lowest BCUT2D eigenvalue weighted by Crippen LogP contribution is -2.44. The summed E-state index contributed by atoms with van der Waals surface area (Å²) in [6, 6.07) is 7.83. The lowest BCUT2D eigenvalue weighted by Gasteiger charge is -2.29. The molecule has 2 aliphatic heterocycles. The van der Waals surface area contributed by atoms with Crippen molar-refractivity contribution in [2.45, 2.75) is 19.3 Å². The molecule has 1 aromatic carbocycles. The van der Waals surface area contributed by atoms with E-state index in [-0.39, 0.29) is 23.5 Å². The van der Waals surface area contributed by atoms with Gasteiger partial charge in [-0.25, -0.2) is 13.2 Å². The topological polar surface area (TPSA) is 66.5 Å². The molecule has 1 atom stereocenters. The summed E-state index contributed by atoms with van der Waals surface area (Å²) in [5.74, 6) is 0.503. The lowest BCUT2D eigenvalue weighted by molar-refractivity contribution is 0.244. The van der Waals surface area contributed by atoms with Crippen LogP contribution in [0.5, 0.6) is 0 Å². The number of nitrogens with one attached hydrogen (secondary N) is 1. The molecule has 5 nitrogen and oxygen atoms in total. The van der Waals surface area contributed by atoms with E-state index in [9.17, 15) is 13.2 Å². The van der Waals surface area contributed by atoms with Crippen molar-refractivity contribution in [1.29, 1.82) is 0 Å². The van der Waals surface area contributed by atoms with Gasteiger partial charge in [-0.2, -0.15) is 0 Å². The number of aryl methyl sites for hydroxylation is 1. The molecule has 1 saturated heterocycles. The van der Waals surface area contributed by atoms with Gasteiger partial charge in [-0.1, -0.05) is 18.2 Å². The second-order valence-corrected chi connectivity index (χ2v) is 8.07. The largest absolute Gasteiger partial charge is 0.337 e. The molecular formula is C15H20N2O3S. The summed E-state index contributed by atoms with van der Waals surface area (Å²) in [7, 11) is -2.88. The number of carbonyl (C=O) groups is 1. The number of anilines is 1. The smallest absolute Gasteiger partial charge is 0.321 e. The Morgan fingerprint density at radius 1 is 1.33 bits per heavy atom. The average Bonchev–Trinajstić information content (AvgIpc) is 2.83. The van der Waals surface area contributed by atoms with Crippen LogP contribution in [0.25, 0.3) is 0 Å². The maximum atomic E-state index is 12.3. The Balaban J connectivity index is 1.62. The molecule has 0 aromatic heterocycles. The highest BCUT2D eigenvalue weighted by molar-refractivity contribution is 7.91. The molecule has 0 spiro atoms. The highest BCUT2D eigenvalue weighted by Gasteiger charge is 2.29. The van der Waals surface area contributed by atoms with Crippen LogP contribution in [0.3, 0.4) is 0 Å². The minimum atomic E-state index is -2.88. The molecule has 114 valence electrons. The number of urea groups is 1. The summed E-state index contributed by atoms with van der Waals surface area (Å²) in [5, 5.41) is 2.90. The van der Waals surface area contributed by atoms with Crippen LogP contribution in [0.15, 0.2) is 24.3 Å². The van der Waals surface area contributed by atoms with Gasteiger partial charge in [0.2, 0.25) is 0 Å². The molecule has 1 N–H and O–H groups in total. The molecule has 6 heteroatoms. The fourth-order valence-corrected chi connectivity index (χ4v) is 4.97.